The predicted molar refractivity (Wildman–Crippen MR) is 20.8 cm³/mol. The summed E-state index contributed by atoms with van der Waals surface area (Å²) in [6.45, 7) is 0. The average molecular weight is 121 g/mol. The molecule has 0 rings (SSSR count). The van der Waals surface area contributed by atoms with Gasteiger partial charge in [-0.15, -0.1) is 0 Å². The quantitative estimate of drug-likeness (QED) is 0.348. The Hall–Kier alpha value is -0.960. The monoisotopic (exact) mass is 121 g/mol. The summed E-state index contributed by atoms with van der Waals surface area (Å²) >= 11 is 0. The number of hydrogen-bond acceptors (Lipinski definition) is 4. The van der Waals surface area contributed by atoms with E-state index in [9.17, 15) is 13.2 Å². The highest BCUT2D eigenvalue weighted by molar-refractivity contribution is 7.89. The van der Waals surface area contributed by atoms with E-state index in [1.807, 2.05) is 4.98 Å². The summed E-state index contributed by atoms with van der Waals surface area (Å²) in [5.41, 5.74) is 0. The van der Waals surface area contributed by atoms with Crippen LogP contribution in [0, 0.1) is 5.39 Å². The van der Waals surface area contributed by atoms with E-state index in [4.69, 9.17) is 5.39 Å². The number of nitrogens with zero attached hydrogens (tertiary/aromatic N) is 2. The maximum Gasteiger partial charge on any atom is 0.677 e. The lowest BCUT2D eigenvalue weighted by atomic mass is 11.4. The average Bonchev–Trinajstić information content (AvgIpc) is 1.65. The summed E-state index contributed by atoms with van der Waals surface area (Å²) in [5, 5.41) is 5.88. The summed E-state index contributed by atoms with van der Waals surface area (Å²) in [6.07, 6.45) is 0. The molecule has 0 atom stereocenters. The van der Waals surface area contributed by atoms with Crippen LogP contribution in [-0.2, 0) is 10.7 Å². The fraction of sp³-hybridized carbons (Fsp3) is 0. The van der Waals surface area contributed by atoms with E-state index >= 15 is 0 Å². The van der Waals surface area contributed by atoms with Crippen LogP contribution in [0.5, 0.6) is 0 Å². The van der Waals surface area contributed by atoms with Crippen molar-refractivity contribution >= 4 is 15.9 Å². The summed E-state index contributed by atoms with van der Waals surface area (Å²) in [4.78, 5) is 11.4. The van der Waals surface area contributed by atoms with Crippen LogP contribution in [0.2, 0.25) is 0 Å². The minimum Gasteiger partial charge on any atom is -0.215 e. The van der Waals surface area contributed by atoms with Crippen molar-refractivity contribution in [2.24, 2.45) is 0 Å². The van der Waals surface area contributed by atoms with E-state index in [2.05, 4.69) is 0 Å². The van der Waals surface area contributed by atoms with Gasteiger partial charge < -0.3 is 0 Å². The van der Waals surface area contributed by atoms with Crippen molar-refractivity contribution in [2.45, 2.75) is 0 Å². The van der Waals surface area contributed by atoms with Crippen LogP contribution in [0.1, 0.15) is 0 Å². The first kappa shape index (κ1) is 6.04. The second kappa shape index (κ2) is 2.25. The van der Waals surface area contributed by atoms with Gasteiger partial charge in [-0.3, -0.25) is 0 Å². The van der Waals surface area contributed by atoms with E-state index in [1.54, 1.807) is 0 Å². The number of carbonyl (C=O) groups excluding carboxylic acids is 1. The van der Waals surface area contributed by atoms with E-state index < -0.39 is 15.9 Å². The lowest BCUT2D eigenvalue weighted by molar-refractivity contribution is 0.270. The second-order valence-electron chi connectivity index (χ2n) is 0.640. The molecule has 0 bridgehead atoms. The number of carbonyl (C=O) groups is 1. The maximum absolute atomic E-state index is 9.50. The largest absolute Gasteiger partial charge is 0.677 e. The second-order valence-corrected chi connectivity index (χ2v) is 1.54. The molecule has 0 radical (unpaired) electrons. The molecule has 0 aliphatic carbocycles. The summed E-state index contributed by atoms with van der Waals surface area (Å²) in [6, 6.07) is 0. The van der Waals surface area contributed by atoms with E-state index in [-0.39, 0.29) is 0 Å². The van der Waals surface area contributed by atoms with Gasteiger partial charge in [0.15, 0.2) is 0 Å². The van der Waals surface area contributed by atoms with Crippen LogP contribution in [0.4, 0.5) is 4.79 Å². The molecule has 0 heterocycles. The van der Waals surface area contributed by atoms with Crippen molar-refractivity contribution in [3.05, 3.63) is 4.98 Å². The third-order valence-corrected chi connectivity index (χ3v) is 0.644. The number of hydrogen-bond donors (Lipinski definition) is 1. The Morgan fingerprint density at radius 3 is 2.00 bits per heavy atom. The number of amides is 1. The Labute approximate surface area is 40.5 Å². The molecule has 0 unspecified atom stereocenters. The van der Waals surface area contributed by atoms with Crippen molar-refractivity contribution in [1.29, 1.82) is 5.39 Å². The number of rotatable bonds is 0. The topological polar surface area (TPSA) is 79.4 Å². The van der Waals surface area contributed by atoms with Crippen LogP contribution in [-0.4, -0.2) is 13.7 Å². The molecule has 0 saturated carbocycles. The van der Waals surface area contributed by atoms with Crippen LogP contribution < -0.4 is 0 Å². The molecule has 38 valence electrons. The van der Waals surface area contributed by atoms with Gasteiger partial charge in [-0.05, 0) is 0 Å². The summed E-state index contributed by atoms with van der Waals surface area (Å²) in [7, 11) is -3.22. The van der Waals surface area contributed by atoms with Gasteiger partial charge in [0.05, 0.1) is 0 Å². The van der Waals surface area contributed by atoms with Crippen molar-refractivity contribution in [3.63, 3.8) is 0 Å². The Morgan fingerprint density at radius 1 is 1.57 bits per heavy atom. The Balaban J connectivity index is 4.20. The van der Waals surface area contributed by atoms with E-state index in [0.717, 1.165) is 0 Å². The van der Waals surface area contributed by atoms with Crippen LogP contribution in [0.3, 0.4) is 0 Å². The molecule has 5 nitrogen and oxygen atoms in total. The summed E-state index contributed by atoms with van der Waals surface area (Å²) < 4.78 is 18.7. The summed E-state index contributed by atoms with van der Waals surface area (Å²) in [5.74, 6) is 0. The predicted octanol–water partition coefficient (Wildman–Crippen LogP) is -0.429. The molecule has 1 amide bonds. The molecule has 0 aromatic heterocycles. The van der Waals surface area contributed by atoms with Crippen LogP contribution >= 0.6 is 0 Å². The highest BCUT2D eigenvalue weighted by atomic mass is 32.2. The van der Waals surface area contributed by atoms with E-state index in [0.29, 0.717) is 0 Å². The fourth-order valence-corrected chi connectivity index (χ4v) is 0.110. The molecule has 0 aromatic rings. The maximum atomic E-state index is 9.50. The van der Waals surface area contributed by atoms with Crippen LogP contribution in [0.15, 0.2) is 0 Å². The number of diazo groups is 1. The molecule has 0 fully saturated rings. The van der Waals surface area contributed by atoms with Gasteiger partial charge in [0.1, 0.15) is 0 Å². The first-order valence-electron chi connectivity index (χ1n) is 1.22. The number of thiol groups is 1. The fourth-order valence-electron chi connectivity index (χ4n) is 0.0365. The first-order chi connectivity index (χ1) is 3.18. The molecular formula is CHN2O3S+. The molecule has 7 heavy (non-hydrogen) atoms. The molecule has 0 N–H and O–H groups in total. The van der Waals surface area contributed by atoms with Crippen molar-refractivity contribution in [2.75, 3.05) is 0 Å². The zero-order valence-electron chi connectivity index (χ0n) is 3.07. The van der Waals surface area contributed by atoms with Gasteiger partial charge in [0, 0.05) is 0 Å². The lowest BCUT2D eigenvalue weighted by Gasteiger charge is -1.45. The standard InChI is InChI=1S/CHN2O3S/c2-3-1(4)7(5)6/h7H/q+1. The van der Waals surface area contributed by atoms with Gasteiger partial charge in [-0.25, -0.2) is 8.42 Å². The molecule has 0 aromatic carbocycles. The molecule has 0 aliphatic heterocycles. The highest BCUT2D eigenvalue weighted by Gasteiger charge is 2.16. The molecule has 0 saturated heterocycles. The first-order valence-corrected chi connectivity index (χ1v) is 2.39. The Kier molecular flexibility index (Phi) is 1.95. The molecule has 6 heteroatoms. The van der Waals surface area contributed by atoms with Crippen molar-refractivity contribution < 1.29 is 13.2 Å². The SMILES string of the molecule is N#[N+]C(=O)[SH](=O)=O. The van der Waals surface area contributed by atoms with Gasteiger partial charge in [-0.2, -0.15) is 4.79 Å². The zero-order chi connectivity index (χ0) is 5.86. The minimum atomic E-state index is -3.22. The van der Waals surface area contributed by atoms with Crippen molar-refractivity contribution in [3.8, 4) is 0 Å². The van der Waals surface area contributed by atoms with Crippen molar-refractivity contribution in [1.82, 2.24) is 0 Å². The van der Waals surface area contributed by atoms with Gasteiger partial charge in [0.25, 0.3) is 10.7 Å². The molecule has 0 aliphatic rings. The van der Waals surface area contributed by atoms with Crippen LogP contribution in [0.25, 0.3) is 4.98 Å². The lowest BCUT2D eigenvalue weighted by Crippen LogP contribution is -1.85. The highest BCUT2D eigenvalue weighted by Crippen LogP contribution is 1.73. The van der Waals surface area contributed by atoms with Gasteiger partial charge >= 0.3 is 5.24 Å². The Morgan fingerprint density at radius 2 is 2.00 bits per heavy atom. The van der Waals surface area contributed by atoms with E-state index in [1.165, 1.54) is 0 Å². The minimum absolute atomic E-state index is 1.52. The third kappa shape index (κ3) is 1.83. The Bertz CT molecular complexity index is 178. The smallest absolute Gasteiger partial charge is 0.215 e. The van der Waals surface area contributed by atoms with Gasteiger partial charge in [0.2, 0.25) is 10.4 Å². The molecular weight excluding hydrogens is 120 g/mol. The zero-order valence-corrected chi connectivity index (χ0v) is 3.96. The van der Waals surface area contributed by atoms with Gasteiger partial charge in [-0.1, -0.05) is 0 Å². The molecule has 0 spiro atoms. The third-order valence-electron chi connectivity index (χ3n) is 0.242. The normalized spacial score (nSPS) is 8.00.